The molecule has 0 saturated heterocycles. The van der Waals surface area contributed by atoms with E-state index in [1.54, 1.807) is 0 Å². The van der Waals surface area contributed by atoms with Crippen LogP contribution in [0.1, 0.15) is 113 Å². The highest BCUT2D eigenvalue weighted by Crippen LogP contribution is 2.77. The minimum Gasteiger partial charge on any atom is -0.396 e. The lowest BCUT2D eigenvalue weighted by Crippen LogP contribution is -2.66. The van der Waals surface area contributed by atoms with Crippen LogP contribution < -0.4 is 0 Å². The molecule has 10 atom stereocenters. The van der Waals surface area contributed by atoms with E-state index in [2.05, 4.69) is 55.0 Å². The van der Waals surface area contributed by atoms with Crippen LogP contribution in [0.3, 0.4) is 0 Å². The molecule has 32 heavy (non-hydrogen) atoms. The summed E-state index contributed by atoms with van der Waals surface area (Å²) in [5.74, 6) is 4.67. The van der Waals surface area contributed by atoms with E-state index >= 15 is 0 Å². The predicted octanol–water partition coefficient (Wildman–Crippen LogP) is 8.27. The van der Waals surface area contributed by atoms with Crippen LogP contribution in [0.2, 0.25) is 0 Å². The van der Waals surface area contributed by atoms with Crippen LogP contribution in [0.25, 0.3) is 0 Å². The molecule has 1 heteroatoms. The maximum Gasteiger partial charge on any atom is 0.0490 e. The highest BCUT2D eigenvalue weighted by atomic mass is 16.3. The van der Waals surface area contributed by atoms with Crippen LogP contribution in [-0.2, 0) is 0 Å². The van der Waals surface area contributed by atoms with Gasteiger partial charge in [-0.25, -0.2) is 0 Å². The van der Waals surface area contributed by atoms with Gasteiger partial charge in [-0.05, 0) is 134 Å². The number of rotatable bonds is 2. The van der Waals surface area contributed by atoms with Crippen molar-refractivity contribution in [2.24, 2.45) is 62.6 Å². The van der Waals surface area contributed by atoms with Crippen LogP contribution >= 0.6 is 0 Å². The molecule has 5 rings (SSSR count). The molecule has 5 aliphatic carbocycles. The molecule has 0 amide bonds. The van der Waals surface area contributed by atoms with Gasteiger partial charge in [0.05, 0.1) is 0 Å². The Morgan fingerprint density at radius 1 is 0.812 bits per heavy atom. The van der Waals surface area contributed by atoms with Crippen molar-refractivity contribution < 1.29 is 5.11 Å². The molecule has 0 aromatic heterocycles. The Morgan fingerprint density at radius 2 is 1.53 bits per heavy atom. The van der Waals surface area contributed by atoms with Crippen molar-refractivity contribution in [3.8, 4) is 0 Å². The summed E-state index contributed by atoms with van der Waals surface area (Å²) < 4.78 is 0. The fourth-order valence-corrected chi connectivity index (χ4v) is 11.7. The Hall–Kier alpha value is -0.300. The summed E-state index contributed by atoms with van der Waals surface area (Å²) >= 11 is 0. The zero-order valence-corrected chi connectivity index (χ0v) is 22.4. The highest BCUT2D eigenvalue weighted by molar-refractivity contribution is 5.21. The van der Waals surface area contributed by atoms with Gasteiger partial charge in [-0.3, -0.25) is 0 Å². The average molecular weight is 441 g/mol. The van der Waals surface area contributed by atoms with E-state index in [4.69, 9.17) is 0 Å². The summed E-state index contributed by atoms with van der Waals surface area (Å²) in [6.45, 7) is 23.1. The number of hydrogen-bond donors (Lipinski definition) is 1. The molecule has 5 fully saturated rings. The van der Waals surface area contributed by atoms with Gasteiger partial charge in [0.15, 0.2) is 0 Å². The lowest BCUT2D eigenvalue weighted by molar-refractivity contribution is -0.243. The number of allylic oxidation sites excluding steroid dienone is 1. The van der Waals surface area contributed by atoms with Gasteiger partial charge < -0.3 is 5.11 Å². The number of aliphatic hydroxyl groups excluding tert-OH is 1. The number of fused-ring (bicyclic) bond motifs is 7. The molecule has 0 unspecified atom stereocenters. The van der Waals surface area contributed by atoms with E-state index in [-0.39, 0.29) is 5.41 Å². The summed E-state index contributed by atoms with van der Waals surface area (Å²) in [7, 11) is 0. The summed E-state index contributed by atoms with van der Waals surface area (Å²) in [6.07, 6.45) is 13.6. The third-order valence-corrected chi connectivity index (χ3v) is 14.1. The lowest BCUT2D eigenvalue weighted by Gasteiger charge is -2.73. The average Bonchev–Trinajstić information content (AvgIpc) is 3.12. The van der Waals surface area contributed by atoms with Gasteiger partial charge in [-0.1, -0.05) is 53.7 Å². The van der Waals surface area contributed by atoms with E-state index in [0.29, 0.717) is 40.1 Å². The van der Waals surface area contributed by atoms with Crippen LogP contribution in [0.5, 0.6) is 0 Å². The van der Waals surface area contributed by atoms with Crippen LogP contribution in [-0.4, -0.2) is 11.7 Å². The summed E-state index contributed by atoms with van der Waals surface area (Å²) in [5.41, 5.74) is 3.41. The molecule has 0 spiro atoms. The molecule has 5 aliphatic rings. The quantitative estimate of drug-likeness (QED) is 0.428. The second-order valence-electron chi connectivity index (χ2n) is 15.0. The van der Waals surface area contributed by atoms with Gasteiger partial charge in [-0.2, -0.15) is 0 Å². The highest BCUT2D eigenvalue weighted by Gasteiger charge is 2.70. The first-order valence-corrected chi connectivity index (χ1v) is 14.1. The molecule has 1 N–H and O–H groups in total. The molecule has 182 valence electrons. The third kappa shape index (κ3) is 2.67. The molecule has 0 bridgehead atoms. The van der Waals surface area contributed by atoms with Crippen LogP contribution in [0.15, 0.2) is 12.2 Å². The lowest BCUT2D eigenvalue weighted by atomic mass is 9.32. The van der Waals surface area contributed by atoms with Crippen molar-refractivity contribution >= 4 is 0 Å². The van der Waals surface area contributed by atoms with Crippen molar-refractivity contribution in [1.29, 1.82) is 0 Å². The van der Waals surface area contributed by atoms with Crippen molar-refractivity contribution in [1.82, 2.24) is 0 Å². The Morgan fingerprint density at radius 3 is 2.19 bits per heavy atom. The molecule has 5 saturated carbocycles. The molecule has 0 heterocycles. The Kier molecular flexibility index (Phi) is 5.21. The topological polar surface area (TPSA) is 20.2 Å². The number of aliphatic hydroxyl groups is 1. The van der Waals surface area contributed by atoms with Gasteiger partial charge in [0, 0.05) is 6.61 Å². The Bertz CT molecular complexity index is 781. The predicted molar refractivity (Wildman–Crippen MR) is 135 cm³/mol. The van der Waals surface area contributed by atoms with Gasteiger partial charge >= 0.3 is 0 Å². The number of hydrogen-bond acceptors (Lipinski definition) is 1. The fourth-order valence-electron chi connectivity index (χ4n) is 11.7. The van der Waals surface area contributed by atoms with Crippen molar-refractivity contribution in [2.45, 2.75) is 113 Å². The summed E-state index contributed by atoms with van der Waals surface area (Å²) in [4.78, 5) is 0. The SMILES string of the molecule is C=C(C)[C@@H]1CC[C@]2(CO)CC[C@]3(C)[C@H](CC[C@H]4[C@@]5(C)CC[C@H](C)C(C)(C)[C@@H]5CC[C@]43C)[C@@H]12. The third-order valence-electron chi connectivity index (χ3n) is 14.1. The fraction of sp³-hybridized carbons (Fsp3) is 0.935. The monoisotopic (exact) mass is 440 g/mol. The van der Waals surface area contributed by atoms with E-state index in [1.165, 1.54) is 69.8 Å². The molecule has 0 aromatic carbocycles. The van der Waals surface area contributed by atoms with E-state index < -0.39 is 0 Å². The molecular formula is C31H52O. The van der Waals surface area contributed by atoms with Gasteiger partial charge in [0.25, 0.3) is 0 Å². The Labute approximate surface area is 199 Å². The minimum atomic E-state index is 0.181. The minimum absolute atomic E-state index is 0.181. The van der Waals surface area contributed by atoms with Crippen LogP contribution in [0.4, 0.5) is 0 Å². The summed E-state index contributed by atoms with van der Waals surface area (Å²) in [6, 6.07) is 0. The zero-order valence-electron chi connectivity index (χ0n) is 22.4. The Balaban J connectivity index is 1.55. The second-order valence-corrected chi connectivity index (χ2v) is 15.0. The molecule has 0 radical (unpaired) electrons. The van der Waals surface area contributed by atoms with E-state index in [1.807, 2.05) is 0 Å². The standard InChI is InChI=1S/C31H52O/c1-20(2)22-12-16-31(19-32)18-17-29(7)23(26(22)31)9-10-25-28(6)14-11-21(3)27(4,5)24(28)13-15-30(25,29)8/h21-26,32H,1,9-19H2,2-8H3/t21-,22-,23+,24-,25-,26+,28-,29+,30+,31+/m0/s1. The smallest absolute Gasteiger partial charge is 0.0490 e. The van der Waals surface area contributed by atoms with Crippen molar-refractivity contribution in [2.75, 3.05) is 6.61 Å². The second kappa shape index (κ2) is 7.11. The van der Waals surface area contributed by atoms with Gasteiger partial charge in [0.1, 0.15) is 0 Å². The first kappa shape index (κ1) is 23.4. The van der Waals surface area contributed by atoms with Crippen LogP contribution in [0, 0.1) is 62.6 Å². The van der Waals surface area contributed by atoms with Gasteiger partial charge in [0.2, 0.25) is 0 Å². The van der Waals surface area contributed by atoms with E-state index in [0.717, 1.165) is 23.7 Å². The zero-order chi connectivity index (χ0) is 23.3. The van der Waals surface area contributed by atoms with Crippen molar-refractivity contribution in [3.63, 3.8) is 0 Å². The largest absolute Gasteiger partial charge is 0.396 e. The first-order chi connectivity index (χ1) is 14.9. The normalized spacial score (nSPS) is 56.5. The van der Waals surface area contributed by atoms with Crippen molar-refractivity contribution in [3.05, 3.63) is 12.2 Å². The van der Waals surface area contributed by atoms with Gasteiger partial charge in [-0.15, -0.1) is 0 Å². The molecule has 1 nitrogen and oxygen atoms in total. The maximum absolute atomic E-state index is 10.7. The van der Waals surface area contributed by atoms with E-state index in [9.17, 15) is 5.11 Å². The molecular weight excluding hydrogens is 388 g/mol. The summed E-state index contributed by atoms with van der Waals surface area (Å²) in [5, 5.41) is 10.7. The molecule has 0 aliphatic heterocycles. The first-order valence-electron chi connectivity index (χ1n) is 14.1. The molecule has 0 aromatic rings. The maximum atomic E-state index is 10.7.